The van der Waals surface area contributed by atoms with Gasteiger partial charge in [-0.1, -0.05) is 54.6 Å². The Bertz CT molecular complexity index is 828. The Morgan fingerprint density at radius 3 is 1.88 bits per heavy atom. The summed E-state index contributed by atoms with van der Waals surface area (Å²) in [5, 5.41) is 2.57. The standard InChI is InChI=1S/C21H18F3NO/c1-26-19-13-11-18(12-14-19)25-20(21(22,23)24)17-9-7-16(8-10-17)15-5-3-2-4-6-15/h2-14,20,25H,1H3/t20-/m0/s1. The molecule has 0 fully saturated rings. The second kappa shape index (κ2) is 7.52. The zero-order chi connectivity index (χ0) is 18.6. The Kier molecular flexibility index (Phi) is 5.16. The highest BCUT2D eigenvalue weighted by molar-refractivity contribution is 5.63. The number of benzene rings is 3. The molecule has 26 heavy (non-hydrogen) atoms. The van der Waals surface area contributed by atoms with Crippen molar-refractivity contribution < 1.29 is 17.9 Å². The molecule has 1 N–H and O–H groups in total. The van der Waals surface area contributed by atoms with Crippen molar-refractivity contribution in [2.24, 2.45) is 0 Å². The van der Waals surface area contributed by atoms with E-state index in [4.69, 9.17) is 4.74 Å². The minimum atomic E-state index is -4.42. The maximum atomic E-state index is 13.6. The van der Waals surface area contributed by atoms with Gasteiger partial charge in [0.15, 0.2) is 0 Å². The largest absolute Gasteiger partial charge is 0.497 e. The van der Waals surface area contributed by atoms with Gasteiger partial charge in [0.2, 0.25) is 0 Å². The van der Waals surface area contributed by atoms with Gasteiger partial charge >= 0.3 is 6.18 Å². The first-order valence-electron chi connectivity index (χ1n) is 8.10. The maximum Gasteiger partial charge on any atom is 0.412 e. The van der Waals surface area contributed by atoms with Gasteiger partial charge in [-0.25, -0.2) is 0 Å². The van der Waals surface area contributed by atoms with E-state index in [0.29, 0.717) is 11.4 Å². The minimum Gasteiger partial charge on any atom is -0.497 e. The van der Waals surface area contributed by atoms with Crippen molar-refractivity contribution in [1.29, 1.82) is 0 Å². The lowest BCUT2D eigenvalue weighted by molar-refractivity contribution is -0.144. The molecular formula is C21H18F3NO. The molecule has 0 spiro atoms. The first kappa shape index (κ1) is 17.9. The zero-order valence-corrected chi connectivity index (χ0v) is 14.1. The first-order chi connectivity index (χ1) is 12.5. The lowest BCUT2D eigenvalue weighted by atomic mass is 10.00. The van der Waals surface area contributed by atoms with E-state index in [0.717, 1.165) is 11.1 Å². The highest BCUT2D eigenvalue weighted by Crippen LogP contribution is 2.36. The van der Waals surface area contributed by atoms with Crippen LogP contribution in [0.2, 0.25) is 0 Å². The smallest absolute Gasteiger partial charge is 0.412 e. The van der Waals surface area contributed by atoms with Gasteiger partial charge in [0.25, 0.3) is 0 Å². The van der Waals surface area contributed by atoms with Crippen molar-refractivity contribution in [3.63, 3.8) is 0 Å². The SMILES string of the molecule is COc1ccc(N[C@@H](c2ccc(-c3ccccc3)cc2)C(F)(F)F)cc1. The van der Waals surface area contributed by atoms with Crippen LogP contribution in [0.25, 0.3) is 11.1 Å². The number of ether oxygens (including phenoxy) is 1. The molecule has 0 aliphatic rings. The molecule has 5 heteroatoms. The van der Waals surface area contributed by atoms with Gasteiger partial charge in [0, 0.05) is 5.69 Å². The number of alkyl halides is 3. The number of hydrogen-bond donors (Lipinski definition) is 1. The van der Waals surface area contributed by atoms with Gasteiger partial charge in [0.05, 0.1) is 7.11 Å². The van der Waals surface area contributed by atoms with Crippen LogP contribution in [0.1, 0.15) is 11.6 Å². The molecule has 0 unspecified atom stereocenters. The fourth-order valence-corrected chi connectivity index (χ4v) is 2.71. The fraction of sp³-hybridized carbons (Fsp3) is 0.143. The normalized spacial score (nSPS) is 12.5. The van der Waals surface area contributed by atoms with Crippen LogP contribution in [0.15, 0.2) is 78.9 Å². The number of hydrogen-bond acceptors (Lipinski definition) is 2. The Hall–Kier alpha value is -2.95. The van der Waals surface area contributed by atoms with Crippen LogP contribution in [-0.2, 0) is 0 Å². The van der Waals surface area contributed by atoms with Crippen LogP contribution in [0.5, 0.6) is 5.75 Å². The number of rotatable bonds is 5. The molecule has 1 atom stereocenters. The molecule has 3 rings (SSSR count). The molecular weight excluding hydrogens is 339 g/mol. The lowest BCUT2D eigenvalue weighted by Crippen LogP contribution is -2.27. The van der Waals surface area contributed by atoms with Crippen LogP contribution in [0.4, 0.5) is 18.9 Å². The van der Waals surface area contributed by atoms with Crippen molar-refractivity contribution in [2.45, 2.75) is 12.2 Å². The summed E-state index contributed by atoms with van der Waals surface area (Å²) in [5.41, 5.74) is 2.37. The summed E-state index contributed by atoms with van der Waals surface area (Å²) >= 11 is 0. The van der Waals surface area contributed by atoms with E-state index in [-0.39, 0.29) is 5.56 Å². The van der Waals surface area contributed by atoms with E-state index in [1.165, 1.54) is 19.2 Å². The predicted octanol–water partition coefficient (Wildman–Crippen LogP) is 6.08. The summed E-state index contributed by atoms with van der Waals surface area (Å²) < 4.78 is 45.8. The third-order valence-electron chi connectivity index (χ3n) is 4.08. The van der Waals surface area contributed by atoms with Gasteiger partial charge in [-0.3, -0.25) is 0 Å². The summed E-state index contributed by atoms with van der Waals surface area (Å²) in [4.78, 5) is 0. The van der Waals surface area contributed by atoms with Gasteiger partial charge in [-0.05, 0) is 41.0 Å². The summed E-state index contributed by atoms with van der Waals surface area (Å²) in [7, 11) is 1.51. The molecule has 3 aromatic rings. The van der Waals surface area contributed by atoms with E-state index >= 15 is 0 Å². The molecule has 0 aliphatic heterocycles. The maximum absolute atomic E-state index is 13.6. The molecule has 0 saturated carbocycles. The topological polar surface area (TPSA) is 21.3 Å². The molecule has 0 aliphatic carbocycles. The summed E-state index contributed by atoms with van der Waals surface area (Å²) in [6.45, 7) is 0. The van der Waals surface area contributed by atoms with E-state index in [9.17, 15) is 13.2 Å². The number of anilines is 1. The third kappa shape index (κ3) is 4.17. The van der Waals surface area contributed by atoms with E-state index in [1.807, 2.05) is 30.3 Å². The molecule has 0 aromatic heterocycles. The van der Waals surface area contributed by atoms with Gasteiger partial charge < -0.3 is 10.1 Å². The minimum absolute atomic E-state index is 0.160. The highest BCUT2D eigenvalue weighted by Gasteiger charge is 2.40. The van der Waals surface area contributed by atoms with Crippen molar-refractivity contribution in [1.82, 2.24) is 0 Å². The van der Waals surface area contributed by atoms with Crippen molar-refractivity contribution in [3.8, 4) is 16.9 Å². The van der Waals surface area contributed by atoms with Crippen LogP contribution in [0.3, 0.4) is 0 Å². The van der Waals surface area contributed by atoms with Gasteiger partial charge in [-0.2, -0.15) is 13.2 Å². The average Bonchev–Trinajstić information content (AvgIpc) is 2.66. The molecule has 0 radical (unpaired) electrons. The Morgan fingerprint density at radius 1 is 0.769 bits per heavy atom. The average molecular weight is 357 g/mol. The van der Waals surface area contributed by atoms with Crippen LogP contribution in [-0.4, -0.2) is 13.3 Å². The Balaban J connectivity index is 1.85. The zero-order valence-electron chi connectivity index (χ0n) is 14.1. The van der Waals surface area contributed by atoms with Crippen LogP contribution < -0.4 is 10.1 Å². The molecule has 2 nitrogen and oxygen atoms in total. The van der Waals surface area contributed by atoms with Crippen molar-refractivity contribution in [3.05, 3.63) is 84.4 Å². The predicted molar refractivity (Wildman–Crippen MR) is 97.3 cm³/mol. The third-order valence-corrected chi connectivity index (χ3v) is 4.08. The number of nitrogens with one attached hydrogen (secondary N) is 1. The van der Waals surface area contributed by atoms with E-state index in [2.05, 4.69) is 5.32 Å². The second-order valence-electron chi connectivity index (χ2n) is 5.84. The summed E-state index contributed by atoms with van der Waals surface area (Å²) in [6.07, 6.45) is -4.42. The number of methoxy groups -OCH3 is 1. The van der Waals surface area contributed by atoms with E-state index in [1.54, 1.807) is 36.4 Å². The van der Waals surface area contributed by atoms with Crippen LogP contribution in [0, 0.1) is 0 Å². The molecule has 134 valence electrons. The summed E-state index contributed by atoms with van der Waals surface area (Å²) in [6, 6.07) is 20.6. The Labute approximate surface area is 150 Å². The molecule has 0 amide bonds. The Morgan fingerprint density at radius 2 is 1.35 bits per heavy atom. The lowest BCUT2D eigenvalue weighted by Gasteiger charge is -2.23. The van der Waals surface area contributed by atoms with Gasteiger partial charge in [-0.15, -0.1) is 0 Å². The number of halogens is 3. The fourth-order valence-electron chi connectivity index (χ4n) is 2.71. The molecule has 0 saturated heterocycles. The first-order valence-corrected chi connectivity index (χ1v) is 8.10. The molecule has 0 heterocycles. The van der Waals surface area contributed by atoms with Crippen molar-refractivity contribution >= 4 is 5.69 Å². The summed E-state index contributed by atoms with van der Waals surface area (Å²) in [5.74, 6) is 0.589. The van der Waals surface area contributed by atoms with E-state index < -0.39 is 12.2 Å². The molecule has 0 bridgehead atoms. The van der Waals surface area contributed by atoms with Gasteiger partial charge in [0.1, 0.15) is 11.8 Å². The highest BCUT2D eigenvalue weighted by atomic mass is 19.4. The monoisotopic (exact) mass is 357 g/mol. The van der Waals surface area contributed by atoms with Crippen LogP contribution >= 0.6 is 0 Å². The second-order valence-corrected chi connectivity index (χ2v) is 5.84. The molecule has 3 aromatic carbocycles. The quantitative estimate of drug-likeness (QED) is 0.598. The van der Waals surface area contributed by atoms with Crippen molar-refractivity contribution in [2.75, 3.05) is 12.4 Å².